The minimum Gasteiger partial charge on any atom is -0.496 e. The summed E-state index contributed by atoms with van der Waals surface area (Å²) in [5.74, 6) is 0.970. The van der Waals surface area contributed by atoms with Crippen LogP contribution in [0.1, 0.15) is 17.5 Å². The van der Waals surface area contributed by atoms with Crippen LogP contribution in [0.5, 0.6) is 5.75 Å². The zero-order chi connectivity index (χ0) is 19.8. The number of hydrogen-bond acceptors (Lipinski definition) is 5. The summed E-state index contributed by atoms with van der Waals surface area (Å²) in [4.78, 5) is 7.75. The second-order valence-electron chi connectivity index (χ2n) is 9.03. The fourth-order valence-corrected chi connectivity index (χ4v) is 5.73. The van der Waals surface area contributed by atoms with E-state index in [0.717, 1.165) is 58.0 Å². The van der Waals surface area contributed by atoms with E-state index in [1.807, 2.05) is 12.1 Å². The molecule has 3 aliphatic rings. The smallest absolute Gasteiger partial charge is 0.123 e. The van der Waals surface area contributed by atoms with E-state index in [9.17, 15) is 5.11 Å². The van der Waals surface area contributed by atoms with Crippen molar-refractivity contribution in [2.75, 3.05) is 39.8 Å². The number of fused-ring (bicyclic) bond motifs is 2. The molecule has 1 N–H and O–H groups in total. The molecule has 3 fully saturated rings. The number of aliphatic hydroxyl groups excluding tert-OH is 1. The predicted octanol–water partition coefficient (Wildman–Crippen LogP) is 2.20. The first-order valence-electron chi connectivity index (χ1n) is 10.7. The van der Waals surface area contributed by atoms with E-state index in [4.69, 9.17) is 4.74 Å². The van der Waals surface area contributed by atoms with Crippen molar-refractivity contribution in [2.24, 2.45) is 0 Å². The fraction of sp³-hybridized carbons (Fsp3) is 0.500. The first-order valence-corrected chi connectivity index (χ1v) is 10.7. The van der Waals surface area contributed by atoms with E-state index in [2.05, 4.69) is 57.2 Å². The first kappa shape index (κ1) is 19.1. The molecule has 0 amide bonds. The average Bonchev–Trinajstić information content (AvgIpc) is 3.08. The van der Waals surface area contributed by atoms with Gasteiger partial charge < -0.3 is 9.84 Å². The lowest BCUT2D eigenvalue weighted by molar-refractivity contribution is -0.118. The predicted molar refractivity (Wildman–Crippen MR) is 114 cm³/mol. The van der Waals surface area contributed by atoms with Gasteiger partial charge in [0.25, 0.3) is 0 Å². The summed E-state index contributed by atoms with van der Waals surface area (Å²) in [5, 5.41) is 10.4. The molecule has 0 unspecified atom stereocenters. The summed E-state index contributed by atoms with van der Waals surface area (Å²) in [6, 6.07) is 19.6. The number of benzene rings is 2. The van der Waals surface area contributed by atoms with Gasteiger partial charge in [-0.05, 0) is 18.1 Å². The van der Waals surface area contributed by atoms with Crippen LogP contribution in [0.15, 0.2) is 54.6 Å². The molecule has 1 spiro atoms. The number of aliphatic hydroxyl groups is 1. The quantitative estimate of drug-likeness (QED) is 0.843. The van der Waals surface area contributed by atoms with E-state index in [1.165, 1.54) is 11.1 Å². The van der Waals surface area contributed by atoms with Gasteiger partial charge in [0.05, 0.1) is 18.8 Å². The van der Waals surface area contributed by atoms with Crippen molar-refractivity contribution >= 4 is 0 Å². The van der Waals surface area contributed by atoms with Gasteiger partial charge >= 0.3 is 0 Å². The number of likely N-dealkylation sites (tertiary alicyclic amines) is 1. The van der Waals surface area contributed by atoms with Gasteiger partial charge in [-0.2, -0.15) is 0 Å². The molecule has 2 aromatic carbocycles. The summed E-state index contributed by atoms with van der Waals surface area (Å²) in [6.07, 6.45) is 0.719. The molecule has 0 aromatic heterocycles. The zero-order valence-corrected chi connectivity index (χ0v) is 17.2. The van der Waals surface area contributed by atoms with E-state index in [1.54, 1.807) is 7.11 Å². The van der Waals surface area contributed by atoms with Gasteiger partial charge in [0.2, 0.25) is 0 Å². The van der Waals surface area contributed by atoms with Crippen molar-refractivity contribution in [1.82, 2.24) is 14.7 Å². The van der Waals surface area contributed by atoms with Crippen LogP contribution in [0.4, 0.5) is 0 Å². The molecule has 5 heteroatoms. The molecule has 2 aromatic rings. The van der Waals surface area contributed by atoms with Crippen LogP contribution in [0.25, 0.3) is 0 Å². The van der Waals surface area contributed by atoms with Crippen LogP contribution in [0, 0.1) is 0 Å². The number of hydrogen-bond donors (Lipinski definition) is 1. The van der Waals surface area contributed by atoms with Gasteiger partial charge in [-0.15, -0.1) is 0 Å². The third-order valence-corrected chi connectivity index (χ3v) is 6.86. The number of rotatable bonds is 5. The lowest BCUT2D eigenvalue weighted by Gasteiger charge is -2.61. The molecular formula is C24H31N3O2. The lowest BCUT2D eigenvalue weighted by Crippen LogP contribution is -2.77. The molecule has 2 atom stereocenters. The molecular weight excluding hydrogens is 362 g/mol. The van der Waals surface area contributed by atoms with Crippen molar-refractivity contribution in [3.63, 3.8) is 0 Å². The van der Waals surface area contributed by atoms with E-state index in [-0.39, 0.29) is 11.6 Å². The van der Waals surface area contributed by atoms with Gasteiger partial charge in [-0.25, -0.2) is 0 Å². The Balaban J connectivity index is 1.30. The molecule has 154 valence electrons. The van der Waals surface area contributed by atoms with Crippen LogP contribution in [-0.2, 0) is 13.1 Å². The van der Waals surface area contributed by atoms with E-state index < -0.39 is 0 Å². The van der Waals surface area contributed by atoms with Gasteiger partial charge in [0, 0.05) is 57.4 Å². The van der Waals surface area contributed by atoms with E-state index in [0.29, 0.717) is 6.04 Å². The van der Waals surface area contributed by atoms with Crippen molar-refractivity contribution in [1.29, 1.82) is 0 Å². The SMILES string of the molecule is COc1ccccc1CN1CC2(CN(Cc3ccccc3)C[C@H]3C[C@@H](O)CN32)C1. The maximum Gasteiger partial charge on any atom is 0.123 e. The number of nitrogens with zero attached hydrogens (tertiary/aromatic N) is 3. The van der Waals surface area contributed by atoms with Gasteiger partial charge in [0.15, 0.2) is 0 Å². The van der Waals surface area contributed by atoms with Crippen molar-refractivity contribution < 1.29 is 9.84 Å². The number of piperazine rings is 1. The molecule has 5 rings (SSSR count). The highest BCUT2D eigenvalue weighted by Crippen LogP contribution is 2.40. The lowest BCUT2D eigenvalue weighted by atomic mass is 9.83. The Kier molecular flexibility index (Phi) is 5.08. The Morgan fingerprint density at radius 3 is 2.45 bits per heavy atom. The first-order chi connectivity index (χ1) is 14.1. The topological polar surface area (TPSA) is 39.2 Å². The molecule has 3 saturated heterocycles. The van der Waals surface area contributed by atoms with Crippen LogP contribution in [0.2, 0.25) is 0 Å². The fourth-order valence-electron chi connectivity index (χ4n) is 5.73. The molecule has 3 aliphatic heterocycles. The van der Waals surface area contributed by atoms with Gasteiger partial charge in [-0.1, -0.05) is 48.5 Å². The zero-order valence-electron chi connectivity index (χ0n) is 17.2. The average molecular weight is 394 g/mol. The molecule has 0 radical (unpaired) electrons. The van der Waals surface area contributed by atoms with Gasteiger partial charge in [0.1, 0.15) is 5.75 Å². The molecule has 0 saturated carbocycles. The second kappa shape index (κ2) is 7.73. The highest BCUT2D eigenvalue weighted by molar-refractivity contribution is 5.33. The Morgan fingerprint density at radius 1 is 0.931 bits per heavy atom. The largest absolute Gasteiger partial charge is 0.496 e. The highest BCUT2D eigenvalue weighted by Gasteiger charge is 2.55. The summed E-state index contributed by atoms with van der Waals surface area (Å²) >= 11 is 0. The molecule has 29 heavy (non-hydrogen) atoms. The minimum atomic E-state index is -0.184. The summed E-state index contributed by atoms with van der Waals surface area (Å²) < 4.78 is 5.54. The van der Waals surface area contributed by atoms with Crippen LogP contribution < -0.4 is 4.74 Å². The maximum absolute atomic E-state index is 10.4. The normalized spacial score (nSPS) is 27.0. The Morgan fingerprint density at radius 2 is 1.66 bits per heavy atom. The minimum absolute atomic E-state index is 0.164. The Hall–Kier alpha value is -1.92. The summed E-state index contributed by atoms with van der Waals surface area (Å²) in [5.41, 5.74) is 2.79. The number of ether oxygens (including phenoxy) is 1. The van der Waals surface area contributed by atoms with Crippen molar-refractivity contribution in [2.45, 2.75) is 37.2 Å². The maximum atomic E-state index is 10.4. The van der Waals surface area contributed by atoms with Crippen LogP contribution in [0.3, 0.4) is 0 Å². The van der Waals surface area contributed by atoms with Crippen LogP contribution >= 0.6 is 0 Å². The van der Waals surface area contributed by atoms with Crippen molar-refractivity contribution in [3.05, 3.63) is 65.7 Å². The summed E-state index contributed by atoms with van der Waals surface area (Å²) in [6.45, 7) is 6.99. The van der Waals surface area contributed by atoms with Crippen molar-refractivity contribution in [3.8, 4) is 5.75 Å². The number of para-hydroxylation sites is 1. The van der Waals surface area contributed by atoms with Crippen LogP contribution in [-0.4, -0.2) is 77.3 Å². The molecule has 0 aliphatic carbocycles. The van der Waals surface area contributed by atoms with E-state index >= 15 is 0 Å². The third kappa shape index (κ3) is 3.68. The third-order valence-electron chi connectivity index (χ3n) is 6.86. The highest BCUT2D eigenvalue weighted by atomic mass is 16.5. The summed E-state index contributed by atoms with van der Waals surface area (Å²) in [7, 11) is 1.75. The molecule has 0 bridgehead atoms. The number of β-amino-alcohol motifs (C(OH)–C–C–N with tert-alkyl or cyclic N) is 1. The standard InChI is InChI=1S/C24H31N3O2/c1-29-23-10-6-5-9-20(23)13-26-17-24(18-26)16-25(12-19-7-3-2-4-8-19)14-21-11-22(28)15-27(21)24/h2-10,21-22,28H,11-18H2,1H3/t21-,22-/m1/s1. The Bertz CT molecular complexity index is 837. The number of methoxy groups -OCH3 is 1. The molecule has 5 nitrogen and oxygen atoms in total. The Labute approximate surface area is 173 Å². The second-order valence-corrected chi connectivity index (χ2v) is 9.03. The molecule has 3 heterocycles. The monoisotopic (exact) mass is 393 g/mol. The van der Waals surface area contributed by atoms with Gasteiger partial charge in [-0.3, -0.25) is 14.7 Å².